The molecular formula is C15H17N5O2. The van der Waals surface area contributed by atoms with Gasteiger partial charge in [0.15, 0.2) is 0 Å². The summed E-state index contributed by atoms with van der Waals surface area (Å²) in [6.07, 6.45) is 4.59. The predicted molar refractivity (Wildman–Crippen MR) is 82.0 cm³/mol. The summed E-state index contributed by atoms with van der Waals surface area (Å²) < 4.78 is 0. The second-order valence-corrected chi connectivity index (χ2v) is 5.19. The van der Waals surface area contributed by atoms with Crippen molar-refractivity contribution in [2.45, 2.75) is 19.3 Å². The first-order valence-corrected chi connectivity index (χ1v) is 7.32. The minimum Gasteiger partial charge on any atom is -0.337 e. The number of carbonyl (C=O) groups excluding carboxylic acids is 1. The van der Waals surface area contributed by atoms with Crippen molar-refractivity contribution in [2.24, 2.45) is 5.10 Å². The molecule has 22 heavy (non-hydrogen) atoms. The molecule has 0 radical (unpaired) electrons. The van der Waals surface area contributed by atoms with E-state index in [4.69, 9.17) is 0 Å². The Morgan fingerprint density at radius 3 is 2.64 bits per heavy atom. The van der Waals surface area contributed by atoms with Crippen molar-refractivity contribution in [3.8, 4) is 0 Å². The zero-order valence-electron chi connectivity index (χ0n) is 12.1. The first-order valence-electron chi connectivity index (χ1n) is 7.32. The summed E-state index contributed by atoms with van der Waals surface area (Å²) in [6.45, 7) is 1.36. The van der Waals surface area contributed by atoms with Gasteiger partial charge >= 0.3 is 5.56 Å². The van der Waals surface area contributed by atoms with Crippen molar-refractivity contribution in [3.63, 3.8) is 0 Å². The van der Waals surface area contributed by atoms with Crippen LogP contribution in [0, 0.1) is 0 Å². The van der Waals surface area contributed by atoms with Crippen molar-refractivity contribution in [1.82, 2.24) is 20.0 Å². The zero-order chi connectivity index (χ0) is 15.4. The van der Waals surface area contributed by atoms with E-state index in [0.29, 0.717) is 13.1 Å². The Labute approximate surface area is 127 Å². The number of aromatic amines is 1. The van der Waals surface area contributed by atoms with Crippen LogP contribution in [-0.2, 0) is 0 Å². The highest BCUT2D eigenvalue weighted by Gasteiger charge is 2.24. The van der Waals surface area contributed by atoms with Gasteiger partial charge in [-0.15, -0.1) is 9.89 Å². The molecule has 0 spiro atoms. The van der Waals surface area contributed by atoms with E-state index in [1.807, 2.05) is 30.3 Å². The van der Waals surface area contributed by atoms with Crippen LogP contribution in [0.4, 0.5) is 0 Å². The van der Waals surface area contributed by atoms with Crippen LogP contribution in [0.25, 0.3) is 0 Å². The van der Waals surface area contributed by atoms with Gasteiger partial charge in [0.1, 0.15) is 0 Å². The van der Waals surface area contributed by atoms with Crippen LogP contribution in [0.5, 0.6) is 0 Å². The maximum atomic E-state index is 12.3. The van der Waals surface area contributed by atoms with Gasteiger partial charge in [0.25, 0.3) is 5.91 Å². The predicted octanol–water partition coefficient (Wildman–Crippen LogP) is 1.08. The van der Waals surface area contributed by atoms with Gasteiger partial charge in [0.2, 0.25) is 5.69 Å². The van der Waals surface area contributed by atoms with E-state index in [9.17, 15) is 9.59 Å². The quantitative estimate of drug-likeness (QED) is 0.861. The molecule has 1 saturated heterocycles. The van der Waals surface area contributed by atoms with E-state index in [0.717, 1.165) is 29.6 Å². The number of H-pyrrole nitrogens is 1. The highest BCUT2D eigenvalue weighted by Crippen LogP contribution is 2.10. The highest BCUT2D eigenvalue weighted by molar-refractivity contribution is 5.91. The first-order chi connectivity index (χ1) is 10.8. The third kappa shape index (κ3) is 2.98. The third-order valence-electron chi connectivity index (χ3n) is 3.62. The molecule has 1 aliphatic heterocycles. The van der Waals surface area contributed by atoms with Crippen molar-refractivity contribution < 1.29 is 4.79 Å². The van der Waals surface area contributed by atoms with Crippen molar-refractivity contribution in [1.29, 1.82) is 0 Å². The Balaban J connectivity index is 1.78. The minimum absolute atomic E-state index is 0.105. The molecule has 2 heterocycles. The molecule has 1 aromatic heterocycles. The van der Waals surface area contributed by atoms with Gasteiger partial charge in [0, 0.05) is 13.1 Å². The lowest BCUT2D eigenvalue weighted by Crippen LogP contribution is -2.38. The minimum atomic E-state index is -0.525. The summed E-state index contributed by atoms with van der Waals surface area (Å²) in [7, 11) is 0. The molecule has 0 atom stereocenters. The molecule has 1 aromatic carbocycles. The number of piperidine rings is 1. The number of hydrogen-bond donors (Lipinski definition) is 1. The normalized spacial score (nSPS) is 15.4. The van der Waals surface area contributed by atoms with E-state index >= 15 is 0 Å². The molecule has 2 aromatic rings. The number of aromatic nitrogens is 3. The van der Waals surface area contributed by atoms with Gasteiger partial charge in [0.05, 0.1) is 6.21 Å². The first kappa shape index (κ1) is 14.2. The van der Waals surface area contributed by atoms with Gasteiger partial charge in [-0.3, -0.25) is 9.59 Å². The van der Waals surface area contributed by atoms with Gasteiger partial charge < -0.3 is 4.90 Å². The summed E-state index contributed by atoms with van der Waals surface area (Å²) in [5.74, 6) is -0.324. The van der Waals surface area contributed by atoms with E-state index in [-0.39, 0.29) is 11.6 Å². The zero-order valence-corrected chi connectivity index (χ0v) is 12.1. The highest BCUT2D eigenvalue weighted by atomic mass is 16.2. The summed E-state index contributed by atoms with van der Waals surface area (Å²) in [5.41, 5.74) is 0.225. The summed E-state index contributed by atoms with van der Waals surface area (Å²) >= 11 is 0. The Bertz CT molecular complexity index is 726. The van der Waals surface area contributed by atoms with Crippen molar-refractivity contribution in [3.05, 3.63) is 51.9 Å². The number of benzene rings is 1. The van der Waals surface area contributed by atoms with Crippen LogP contribution in [0.15, 0.2) is 40.2 Å². The lowest BCUT2D eigenvalue weighted by Gasteiger charge is -2.25. The fraction of sp³-hybridized carbons (Fsp3) is 0.333. The molecule has 114 valence electrons. The Hall–Kier alpha value is -2.70. The second-order valence-electron chi connectivity index (χ2n) is 5.19. The molecule has 1 N–H and O–H groups in total. The third-order valence-corrected chi connectivity index (χ3v) is 3.62. The largest absolute Gasteiger partial charge is 0.337 e. The maximum Gasteiger partial charge on any atom is 0.320 e. The molecule has 0 unspecified atom stereocenters. The number of likely N-dealkylation sites (tertiary alicyclic amines) is 1. The number of hydrogen-bond acceptors (Lipinski definition) is 4. The molecular weight excluding hydrogens is 282 g/mol. The van der Waals surface area contributed by atoms with E-state index in [1.165, 1.54) is 6.21 Å². The Morgan fingerprint density at radius 1 is 1.18 bits per heavy atom. The van der Waals surface area contributed by atoms with Crippen LogP contribution in [0.2, 0.25) is 0 Å². The topological polar surface area (TPSA) is 83.3 Å². The molecule has 1 amide bonds. The molecule has 3 rings (SSSR count). The molecule has 7 heteroatoms. The molecule has 0 bridgehead atoms. The fourth-order valence-electron chi connectivity index (χ4n) is 2.42. The molecule has 1 aliphatic rings. The number of nitrogens with zero attached hydrogens (tertiary/aromatic N) is 4. The van der Waals surface area contributed by atoms with Gasteiger partial charge in [-0.05, 0) is 24.8 Å². The van der Waals surface area contributed by atoms with Gasteiger partial charge in [-0.2, -0.15) is 10.3 Å². The number of rotatable bonds is 3. The van der Waals surface area contributed by atoms with E-state index in [1.54, 1.807) is 4.90 Å². The molecule has 7 nitrogen and oxygen atoms in total. The van der Waals surface area contributed by atoms with Crippen molar-refractivity contribution >= 4 is 12.1 Å². The standard InChI is InChI=1S/C15H17N5O2/c21-14(19-9-5-2-6-10-19)13-15(22)20(18-17-13)16-11-12-7-3-1-4-8-12/h1,3-4,7-8,11,18H,2,5-6,9-10H2. The van der Waals surface area contributed by atoms with Crippen LogP contribution in [-0.4, -0.2) is 45.2 Å². The van der Waals surface area contributed by atoms with Gasteiger partial charge in [-0.1, -0.05) is 30.3 Å². The van der Waals surface area contributed by atoms with Crippen molar-refractivity contribution in [2.75, 3.05) is 13.1 Å². The number of carbonyl (C=O) groups is 1. The molecule has 0 saturated carbocycles. The SMILES string of the molecule is O=C(c1n[nH]n(N=Cc2ccccc2)c1=O)N1CCCCC1. The lowest BCUT2D eigenvalue weighted by atomic mass is 10.1. The smallest absolute Gasteiger partial charge is 0.320 e. The maximum absolute atomic E-state index is 12.3. The van der Waals surface area contributed by atoms with E-state index in [2.05, 4.69) is 15.4 Å². The average molecular weight is 299 g/mol. The Kier molecular flexibility index (Phi) is 4.13. The number of amides is 1. The van der Waals surface area contributed by atoms with Crippen LogP contribution < -0.4 is 5.56 Å². The monoisotopic (exact) mass is 299 g/mol. The fourth-order valence-corrected chi connectivity index (χ4v) is 2.42. The second kappa shape index (κ2) is 6.38. The Morgan fingerprint density at radius 2 is 1.91 bits per heavy atom. The van der Waals surface area contributed by atoms with E-state index < -0.39 is 5.56 Å². The lowest BCUT2D eigenvalue weighted by molar-refractivity contribution is 0.0717. The number of nitrogens with one attached hydrogen (secondary N) is 1. The average Bonchev–Trinajstić information content (AvgIpc) is 2.95. The summed E-state index contributed by atoms with van der Waals surface area (Å²) in [6, 6.07) is 9.38. The summed E-state index contributed by atoms with van der Waals surface area (Å²) in [5, 5.41) is 10.3. The summed E-state index contributed by atoms with van der Waals surface area (Å²) in [4.78, 5) is 27.1. The van der Waals surface area contributed by atoms with Crippen LogP contribution >= 0.6 is 0 Å². The van der Waals surface area contributed by atoms with Crippen LogP contribution in [0.3, 0.4) is 0 Å². The molecule has 0 aliphatic carbocycles. The van der Waals surface area contributed by atoms with Crippen LogP contribution in [0.1, 0.15) is 35.3 Å². The molecule has 1 fully saturated rings. The van der Waals surface area contributed by atoms with Gasteiger partial charge in [-0.25, -0.2) is 0 Å².